The van der Waals surface area contributed by atoms with Crippen LogP contribution in [0.15, 0.2) is 89.9 Å². The number of thioether (sulfide) groups is 1. The highest BCUT2D eigenvalue weighted by Crippen LogP contribution is 2.22. The normalized spacial score (nSPS) is 13.3. The standard InChI is InChI=1S/C44H63N5O4S.2C2HF3O2/c1-8-35(6)41(47-42(50)26-38-27-45-31-49(38)24-22-34(5)17-12-16-33(4)15-11-14-32(2)3)29-48(30-43(51)46-40(44(52)53)23-25-54-7)28-37-20-13-19-36-18-9-10-21-39(36)37;2*3-2(4,5)1(6)7/h9-10,13-14,16,18-22,27,31,35,40-41H,8,11-12,15,17,23-26,28-30H2,1-7H3,(H,46,51)(H,47,50)(H,52,53);2*(H,6,7)/t35-,40-,41+;;/m0../s1. The van der Waals surface area contributed by atoms with Crippen LogP contribution in [0.25, 0.3) is 10.8 Å². The van der Waals surface area contributed by atoms with Gasteiger partial charge in [-0.15, -0.1) is 0 Å². The van der Waals surface area contributed by atoms with Crippen molar-refractivity contribution in [1.29, 1.82) is 0 Å². The molecule has 0 fully saturated rings. The number of allylic oxidation sites excluding steroid dienone is 6. The number of alkyl halides is 6. The van der Waals surface area contributed by atoms with Gasteiger partial charge in [-0.05, 0) is 94.1 Å². The first-order valence-electron chi connectivity index (χ1n) is 21.8. The maximum atomic E-state index is 13.7. The largest absolute Gasteiger partial charge is 0.490 e. The molecule has 0 aliphatic heterocycles. The van der Waals surface area contributed by atoms with Gasteiger partial charge < -0.3 is 30.5 Å². The first kappa shape index (κ1) is 60.4. The number of aromatic nitrogens is 2. The zero-order valence-electron chi connectivity index (χ0n) is 39.5. The van der Waals surface area contributed by atoms with Gasteiger partial charge in [0.2, 0.25) is 11.8 Å². The van der Waals surface area contributed by atoms with Gasteiger partial charge in [-0.2, -0.15) is 38.1 Å². The molecule has 0 saturated heterocycles. The molecule has 2 amide bonds. The average Bonchev–Trinajstić information content (AvgIpc) is 3.69. The van der Waals surface area contributed by atoms with Crippen molar-refractivity contribution >= 4 is 52.3 Å². The van der Waals surface area contributed by atoms with Crippen LogP contribution in [-0.4, -0.2) is 109 Å². The topological polar surface area (TPSA) is 191 Å². The fourth-order valence-corrected chi connectivity index (χ4v) is 6.87. The molecule has 0 radical (unpaired) electrons. The number of fused-ring (bicyclic) bond motifs is 1. The molecule has 0 aliphatic rings. The molecule has 378 valence electrons. The number of nitrogens with one attached hydrogen (secondary N) is 2. The highest BCUT2D eigenvalue weighted by Gasteiger charge is 2.39. The van der Waals surface area contributed by atoms with Crippen LogP contribution in [0.3, 0.4) is 0 Å². The molecule has 1 aromatic heterocycles. The molecule has 0 bridgehead atoms. The SMILES string of the molecule is CC[C@H](C)[C@@H](CN(CC(=O)N[C@@H](CCSC)C(=O)O)Cc1cccc2ccccc12)NC(=O)Cc1cncn1CC=C(C)CCC=C(C)CCC=C(C)C.O=C(O)C(F)(F)F.O=C(O)C(F)(F)F. The number of carboxylic acids is 3. The Morgan fingerprint density at radius 3 is 1.96 bits per heavy atom. The quantitative estimate of drug-likeness (QED) is 0.0424. The van der Waals surface area contributed by atoms with Crippen molar-refractivity contribution in [3.8, 4) is 0 Å². The molecule has 0 spiro atoms. The first-order valence-corrected chi connectivity index (χ1v) is 23.2. The number of aliphatic carboxylic acids is 3. The Morgan fingerprint density at radius 1 is 0.824 bits per heavy atom. The summed E-state index contributed by atoms with van der Waals surface area (Å²) in [5.74, 6) is -6.26. The number of amides is 2. The number of nitrogens with zero attached hydrogens (tertiary/aromatic N) is 3. The highest BCUT2D eigenvalue weighted by atomic mass is 32.2. The lowest BCUT2D eigenvalue weighted by atomic mass is 9.97. The predicted molar refractivity (Wildman–Crippen MR) is 252 cm³/mol. The molecule has 3 aromatic rings. The van der Waals surface area contributed by atoms with Crippen molar-refractivity contribution in [3.05, 3.63) is 101 Å². The van der Waals surface area contributed by atoms with E-state index in [9.17, 15) is 45.8 Å². The summed E-state index contributed by atoms with van der Waals surface area (Å²) < 4.78 is 65.5. The summed E-state index contributed by atoms with van der Waals surface area (Å²) in [5, 5.41) is 32.3. The van der Waals surface area contributed by atoms with Crippen molar-refractivity contribution in [2.45, 2.75) is 124 Å². The van der Waals surface area contributed by atoms with Crippen molar-refractivity contribution in [2.24, 2.45) is 5.92 Å². The smallest absolute Gasteiger partial charge is 0.480 e. The Kier molecular flexibility index (Phi) is 27.3. The fourth-order valence-electron chi connectivity index (χ4n) is 6.40. The Labute approximate surface area is 398 Å². The van der Waals surface area contributed by atoms with Crippen LogP contribution >= 0.6 is 11.8 Å². The van der Waals surface area contributed by atoms with Crippen LogP contribution in [0.2, 0.25) is 0 Å². The maximum Gasteiger partial charge on any atom is 0.490 e. The maximum absolute atomic E-state index is 13.7. The summed E-state index contributed by atoms with van der Waals surface area (Å²) in [6, 6.07) is 13.1. The minimum Gasteiger partial charge on any atom is -0.480 e. The summed E-state index contributed by atoms with van der Waals surface area (Å²) in [7, 11) is 0. The third-order valence-corrected chi connectivity index (χ3v) is 11.0. The number of rotatable bonds is 24. The molecular formula is C48H65F6N5O8S. The molecule has 3 rings (SSSR count). The van der Waals surface area contributed by atoms with Gasteiger partial charge in [0.15, 0.2) is 0 Å². The zero-order chi connectivity index (χ0) is 51.6. The van der Waals surface area contributed by atoms with E-state index in [0.29, 0.717) is 31.8 Å². The van der Waals surface area contributed by atoms with Gasteiger partial charge in [-0.3, -0.25) is 14.5 Å². The monoisotopic (exact) mass is 985 g/mol. The molecule has 0 unspecified atom stereocenters. The highest BCUT2D eigenvalue weighted by molar-refractivity contribution is 7.98. The van der Waals surface area contributed by atoms with Crippen LogP contribution in [0, 0.1) is 5.92 Å². The van der Waals surface area contributed by atoms with Crippen molar-refractivity contribution in [2.75, 3.05) is 25.1 Å². The number of halogens is 6. The van der Waals surface area contributed by atoms with E-state index in [2.05, 4.69) is 99.7 Å². The number of carboxylic acid groups (broad SMARTS) is 3. The van der Waals surface area contributed by atoms with E-state index in [-0.39, 0.29) is 36.7 Å². The minimum absolute atomic E-state index is 0.00120. The van der Waals surface area contributed by atoms with Gasteiger partial charge in [-0.1, -0.05) is 97.7 Å². The van der Waals surface area contributed by atoms with Crippen LogP contribution in [0.1, 0.15) is 91.3 Å². The molecule has 13 nitrogen and oxygen atoms in total. The summed E-state index contributed by atoms with van der Waals surface area (Å²) in [6.07, 6.45) is 7.66. The van der Waals surface area contributed by atoms with E-state index in [0.717, 1.165) is 54.1 Å². The molecule has 20 heteroatoms. The Morgan fingerprint density at radius 2 is 1.40 bits per heavy atom. The van der Waals surface area contributed by atoms with Gasteiger partial charge in [0.1, 0.15) is 6.04 Å². The lowest BCUT2D eigenvalue weighted by Crippen LogP contribution is -2.51. The Hall–Kier alpha value is -5.63. The van der Waals surface area contributed by atoms with Gasteiger partial charge in [-0.25, -0.2) is 19.4 Å². The van der Waals surface area contributed by atoms with Gasteiger partial charge in [0, 0.05) is 37.6 Å². The van der Waals surface area contributed by atoms with E-state index in [4.69, 9.17) is 19.8 Å². The van der Waals surface area contributed by atoms with E-state index < -0.39 is 36.3 Å². The van der Waals surface area contributed by atoms with Crippen LogP contribution in [-0.2, 0) is 43.5 Å². The lowest BCUT2D eigenvalue weighted by molar-refractivity contribution is -0.193. The predicted octanol–water partition coefficient (Wildman–Crippen LogP) is 9.62. The molecule has 2 aromatic carbocycles. The average molecular weight is 986 g/mol. The molecular weight excluding hydrogens is 921 g/mol. The molecule has 0 saturated carbocycles. The van der Waals surface area contributed by atoms with Crippen LogP contribution in [0.5, 0.6) is 0 Å². The number of carbonyl (C=O) groups is 5. The van der Waals surface area contributed by atoms with E-state index in [1.807, 2.05) is 33.9 Å². The zero-order valence-corrected chi connectivity index (χ0v) is 40.4. The van der Waals surface area contributed by atoms with E-state index >= 15 is 0 Å². The Bertz CT molecular complexity index is 2140. The number of carbonyl (C=O) groups excluding carboxylic acids is 2. The Balaban J connectivity index is 0.00000143. The fraction of sp³-hybridized carbons (Fsp3) is 0.500. The second-order valence-electron chi connectivity index (χ2n) is 16.4. The van der Waals surface area contributed by atoms with E-state index in [1.54, 1.807) is 24.3 Å². The minimum atomic E-state index is -5.08. The molecule has 1 heterocycles. The lowest BCUT2D eigenvalue weighted by Gasteiger charge is -2.31. The second kappa shape index (κ2) is 30.7. The molecule has 3 atom stereocenters. The molecule has 5 N–H and O–H groups in total. The number of hydrogen-bond donors (Lipinski definition) is 5. The summed E-state index contributed by atoms with van der Waals surface area (Å²) in [4.78, 5) is 63.2. The van der Waals surface area contributed by atoms with E-state index in [1.165, 1.54) is 16.7 Å². The summed E-state index contributed by atoms with van der Waals surface area (Å²) >= 11 is 1.55. The summed E-state index contributed by atoms with van der Waals surface area (Å²) in [6.45, 7) is 14.4. The van der Waals surface area contributed by atoms with Gasteiger partial charge in [0.05, 0.1) is 19.3 Å². The second-order valence-corrected chi connectivity index (χ2v) is 17.4. The number of hydrogen-bond acceptors (Lipinski definition) is 8. The van der Waals surface area contributed by atoms with Crippen molar-refractivity contribution in [1.82, 2.24) is 25.1 Å². The third kappa shape index (κ3) is 24.9. The van der Waals surface area contributed by atoms with Crippen LogP contribution < -0.4 is 10.6 Å². The van der Waals surface area contributed by atoms with Crippen LogP contribution in [0.4, 0.5) is 26.3 Å². The molecule has 68 heavy (non-hydrogen) atoms. The third-order valence-electron chi connectivity index (χ3n) is 10.4. The molecule has 0 aliphatic carbocycles. The van der Waals surface area contributed by atoms with Crippen molar-refractivity contribution < 1.29 is 65.6 Å². The summed E-state index contributed by atoms with van der Waals surface area (Å²) in [5.41, 5.74) is 5.99. The van der Waals surface area contributed by atoms with Gasteiger partial charge >= 0.3 is 30.3 Å². The van der Waals surface area contributed by atoms with Crippen molar-refractivity contribution in [3.63, 3.8) is 0 Å². The van der Waals surface area contributed by atoms with Gasteiger partial charge in [0.25, 0.3) is 0 Å². The number of benzene rings is 2. The first-order chi connectivity index (χ1) is 31.8. The number of imidazole rings is 1.